The van der Waals surface area contributed by atoms with Crippen LogP contribution in [0.2, 0.25) is 0 Å². The van der Waals surface area contributed by atoms with Crippen LogP contribution in [0.3, 0.4) is 0 Å². The molecule has 3 heterocycles. The Kier molecular flexibility index (Phi) is 6.14. The average Bonchev–Trinajstić information content (AvgIpc) is 2.65. The Morgan fingerprint density at radius 1 is 1.28 bits per heavy atom. The minimum atomic E-state index is -0.491. The zero-order valence-corrected chi connectivity index (χ0v) is 14.2. The summed E-state index contributed by atoms with van der Waals surface area (Å²) < 4.78 is 18.4. The molecular formula is C17H25FN4O3. The molecule has 0 spiro atoms. The number of aliphatic hydroxyl groups excluding tert-OH is 1. The Balaban J connectivity index is 1.65. The molecule has 0 saturated carbocycles. The second-order valence-corrected chi connectivity index (χ2v) is 6.72. The summed E-state index contributed by atoms with van der Waals surface area (Å²) in [5, 5.41) is 12.7. The molecule has 2 aliphatic rings. The van der Waals surface area contributed by atoms with Crippen molar-refractivity contribution in [2.24, 2.45) is 11.8 Å². The number of carbonyl (C=O) groups excluding carboxylic acids is 1. The number of piperidine rings is 1. The number of aliphatic hydroxyl groups is 1. The lowest BCUT2D eigenvalue weighted by Crippen LogP contribution is -2.47. The van der Waals surface area contributed by atoms with Crippen molar-refractivity contribution in [3.8, 4) is 0 Å². The van der Waals surface area contributed by atoms with Crippen molar-refractivity contribution in [3.05, 3.63) is 18.2 Å². The highest BCUT2D eigenvalue weighted by Crippen LogP contribution is 2.27. The predicted molar refractivity (Wildman–Crippen MR) is 89.3 cm³/mol. The van der Waals surface area contributed by atoms with Gasteiger partial charge in [-0.15, -0.1) is 0 Å². The minimum Gasteiger partial charge on any atom is -0.393 e. The van der Waals surface area contributed by atoms with Gasteiger partial charge in [-0.1, -0.05) is 0 Å². The zero-order chi connectivity index (χ0) is 17.6. The molecule has 2 aliphatic heterocycles. The number of likely N-dealkylation sites (tertiary alicyclic amines) is 1. The van der Waals surface area contributed by atoms with Crippen molar-refractivity contribution >= 4 is 11.9 Å². The summed E-state index contributed by atoms with van der Waals surface area (Å²) in [6.07, 6.45) is 4.84. The summed E-state index contributed by atoms with van der Waals surface area (Å²) in [7, 11) is 0. The molecule has 7 nitrogen and oxygen atoms in total. The number of amides is 1. The van der Waals surface area contributed by atoms with Gasteiger partial charge >= 0.3 is 0 Å². The first-order valence-corrected chi connectivity index (χ1v) is 8.89. The van der Waals surface area contributed by atoms with Gasteiger partial charge in [0.05, 0.1) is 24.4 Å². The van der Waals surface area contributed by atoms with E-state index in [1.54, 1.807) is 0 Å². The summed E-state index contributed by atoms with van der Waals surface area (Å²) in [4.78, 5) is 22.7. The summed E-state index contributed by atoms with van der Waals surface area (Å²) in [5.74, 6) is -0.0305. The van der Waals surface area contributed by atoms with Crippen LogP contribution in [-0.2, 0) is 9.53 Å². The van der Waals surface area contributed by atoms with Gasteiger partial charge in [-0.05, 0) is 31.6 Å². The Hall–Kier alpha value is -1.80. The van der Waals surface area contributed by atoms with Crippen LogP contribution in [0.5, 0.6) is 0 Å². The van der Waals surface area contributed by atoms with E-state index in [0.717, 1.165) is 25.2 Å². The molecule has 1 atom stereocenters. The summed E-state index contributed by atoms with van der Waals surface area (Å²) in [5.41, 5.74) is 0. The molecule has 1 amide bonds. The first-order chi connectivity index (χ1) is 12.1. The summed E-state index contributed by atoms with van der Waals surface area (Å²) >= 11 is 0. The van der Waals surface area contributed by atoms with Crippen molar-refractivity contribution < 1.29 is 19.0 Å². The van der Waals surface area contributed by atoms with Gasteiger partial charge < -0.3 is 20.1 Å². The van der Waals surface area contributed by atoms with Crippen LogP contribution < -0.4 is 5.32 Å². The topological polar surface area (TPSA) is 87.6 Å². The van der Waals surface area contributed by atoms with E-state index in [9.17, 15) is 14.3 Å². The zero-order valence-electron chi connectivity index (χ0n) is 14.2. The van der Waals surface area contributed by atoms with E-state index in [0.29, 0.717) is 51.6 Å². The van der Waals surface area contributed by atoms with Crippen LogP contribution >= 0.6 is 0 Å². The van der Waals surface area contributed by atoms with Crippen LogP contribution in [0.4, 0.5) is 10.3 Å². The molecular weight excluding hydrogens is 327 g/mol. The Bertz CT molecular complexity index is 558. The Labute approximate surface area is 146 Å². The highest BCUT2D eigenvalue weighted by Gasteiger charge is 2.34. The smallest absolute Gasteiger partial charge is 0.227 e. The molecule has 0 bridgehead atoms. The van der Waals surface area contributed by atoms with Gasteiger partial charge in [-0.3, -0.25) is 4.79 Å². The number of carbonyl (C=O) groups is 1. The maximum absolute atomic E-state index is 13.0. The van der Waals surface area contributed by atoms with Gasteiger partial charge in [0.15, 0.2) is 5.82 Å². The van der Waals surface area contributed by atoms with Crippen LogP contribution in [0, 0.1) is 17.7 Å². The largest absolute Gasteiger partial charge is 0.393 e. The van der Waals surface area contributed by atoms with Crippen molar-refractivity contribution in [3.63, 3.8) is 0 Å². The van der Waals surface area contributed by atoms with Crippen molar-refractivity contribution in [1.82, 2.24) is 14.9 Å². The van der Waals surface area contributed by atoms with Gasteiger partial charge in [0.2, 0.25) is 11.9 Å². The van der Waals surface area contributed by atoms with Gasteiger partial charge in [-0.2, -0.15) is 0 Å². The molecule has 0 aromatic carbocycles. The first kappa shape index (κ1) is 18.0. The van der Waals surface area contributed by atoms with Crippen LogP contribution in [0.1, 0.15) is 25.7 Å². The molecule has 2 saturated heterocycles. The van der Waals surface area contributed by atoms with Gasteiger partial charge in [0.25, 0.3) is 0 Å². The first-order valence-electron chi connectivity index (χ1n) is 8.89. The van der Waals surface area contributed by atoms with E-state index < -0.39 is 5.82 Å². The monoisotopic (exact) mass is 352 g/mol. The highest BCUT2D eigenvalue weighted by atomic mass is 19.1. The molecule has 138 valence electrons. The maximum atomic E-state index is 13.0. The lowest BCUT2D eigenvalue weighted by molar-refractivity contribution is -0.140. The van der Waals surface area contributed by atoms with E-state index >= 15 is 0 Å². The third kappa shape index (κ3) is 4.85. The molecule has 25 heavy (non-hydrogen) atoms. The number of hydrogen-bond acceptors (Lipinski definition) is 6. The number of halogens is 1. The lowest BCUT2D eigenvalue weighted by Gasteiger charge is -2.36. The third-order valence-corrected chi connectivity index (χ3v) is 5.03. The normalized spacial score (nSPS) is 21.1. The lowest BCUT2D eigenvalue weighted by atomic mass is 9.84. The number of nitrogens with one attached hydrogen (secondary N) is 1. The van der Waals surface area contributed by atoms with E-state index in [-0.39, 0.29) is 23.8 Å². The SMILES string of the molecule is O=C(C(CNc1ncc(F)cn1)C1CCOCC1)N1CCC(O)CC1. The van der Waals surface area contributed by atoms with Crippen LogP contribution in [-0.4, -0.2) is 64.8 Å². The van der Waals surface area contributed by atoms with Gasteiger partial charge in [0, 0.05) is 32.8 Å². The summed E-state index contributed by atoms with van der Waals surface area (Å²) in [6.45, 7) is 2.92. The fraction of sp³-hybridized carbons (Fsp3) is 0.706. The highest BCUT2D eigenvalue weighted by molar-refractivity contribution is 5.80. The second kappa shape index (κ2) is 8.53. The van der Waals surface area contributed by atoms with Gasteiger partial charge in [0.1, 0.15) is 0 Å². The molecule has 3 rings (SSSR count). The standard InChI is InChI=1S/C17H25FN4O3/c18-13-9-19-17(20-10-13)21-11-15(12-3-7-25-8-4-12)16(24)22-5-1-14(23)2-6-22/h9-10,12,14-15,23H,1-8,11H2,(H,19,20,21). The number of hydrogen-bond donors (Lipinski definition) is 2. The van der Waals surface area contributed by atoms with Crippen LogP contribution in [0.15, 0.2) is 12.4 Å². The van der Waals surface area contributed by atoms with E-state index in [4.69, 9.17) is 4.74 Å². The quantitative estimate of drug-likeness (QED) is 0.824. The summed E-state index contributed by atoms with van der Waals surface area (Å²) in [6, 6.07) is 0. The Morgan fingerprint density at radius 2 is 1.92 bits per heavy atom. The third-order valence-electron chi connectivity index (χ3n) is 5.03. The molecule has 2 fully saturated rings. The fourth-order valence-electron chi connectivity index (χ4n) is 3.50. The number of aromatic nitrogens is 2. The molecule has 2 N–H and O–H groups in total. The fourth-order valence-corrected chi connectivity index (χ4v) is 3.50. The number of rotatable bonds is 5. The molecule has 1 aromatic heterocycles. The van der Waals surface area contributed by atoms with Crippen molar-refractivity contribution in [2.45, 2.75) is 31.8 Å². The van der Waals surface area contributed by atoms with E-state index in [1.165, 1.54) is 0 Å². The van der Waals surface area contributed by atoms with Gasteiger partial charge in [-0.25, -0.2) is 14.4 Å². The second-order valence-electron chi connectivity index (χ2n) is 6.72. The van der Waals surface area contributed by atoms with E-state index in [1.807, 2.05) is 4.90 Å². The number of nitrogens with zero attached hydrogens (tertiary/aromatic N) is 3. The number of ether oxygens (including phenoxy) is 1. The molecule has 8 heteroatoms. The molecule has 1 unspecified atom stereocenters. The average molecular weight is 352 g/mol. The van der Waals surface area contributed by atoms with Crippen molar-refractivity contribution in [2.75, 3.05) is 38.2 Å². The molecule has 0 radical (unpaired) electrons. The van der Waals surface area contributed by atoms with Crippen molar-refractivity contribution in [1.29, 1.82) is 0 Å². The minimum absolute atomic E-state index is 0.105. The maximum Gasteiger partial charge on any atom is 0.227 e. The molecule has 1 aromatic rings. The van der Waals surface area contributed by atoms with Crippen LogP contribution in [0.25, 0.3) is 0 Å². The van der Waals surface area contributed by atoms with E-state index in [2.05, 4.69) is 15.3 Å². The Morgan fingerprint density at radius 3 is 2.56 bits per heavy atom. The number of anilines is 1. The molecule has 0 aliphatic carbocycles. The predicted octanol–water partition coefficient (Wildman–Crippen LogP) is 1.05.